The first-order chi connectivity index (χ1) is 12.7. The number of thiazole rings is 1. The molecule has 26 heavy (non-hydrogen) atoms. The van der Waals surface area contributed by atoms with Crippen molar-refractivity contribution in [3.05, 3.63) is 77.3 Å². The second kappa shape index (κ2) is 7.40. The van der Waals surface area contributed by atoms with E-state index in [9.17, 15) is 4.79 Å². The van der Waals surface area contributed by atoms with Gasteiger partial charge >= 0.3 is 0 Å². The molecule has 0 radical (unpaired) electrons. The molecule has 4 nitrogen and oxygen atoms in total. The van der Waals surface area contributed by atoms with Gasteiger partial charge in [0.15, 0.2) is 0 Å². The van der Waals surface area contributed by atoms with Crippen molar-refractivity contribution in [3.63, 3.8) is 0 Å². The molecule has 0 unspecified atom stereocenters. The predicted octanol–water partition coefficient (Wildman–Crippen LogP) is 3.94. The van der Waals surface area contributed by atoms with Gasteiger partial charge in [-0.1, -0.05) is 60.7 Å². The highest BCUT2D eigenvalue weighted by Crippen LogP contribution is 2.29. The van der Waals surface area contributed by atoms with Crippen LogP contribution in [0.5, 0.6) is 0 Å². The molecule has 0 bridgehead atoms. The molecule has 2 heterocycles. The standard InChI is InChI=1S/C21H21N3OS/c1-23-12-13-24(19(14-23)16-8-4-2-5-9-16)21(25)18-15-26-20(22-18)17-10-6-3-7-11-17/h2-11,15,19H,12-14H2,1H3/t19-/m1/s1. The predicted molar refractivity (Wildman–Crippen MR) is 105 cm³/mol. The van der Waals surface area contributed by atoms with Crippen LogP contribution in [0.15, 0.2) is 66.0 Å². The highest BCUT2D eigenvalue weighted by Gasteiger charge is 2.31. The van der Waals surface area contributed by atoms with E-state index in [2.05, 4.69) is 29.1 Å². The number of hydrogen-bond donors (Lipinski definition) is 0. The number of hydrogen-bond acceptors (Lipinski definition) is 4. The van der Waals surface area contributed by atoms with Crippen LogP contribution in [0, 0.1) is 0 Å². The van der Waals surface area contributed by atoms with Gasteiger partial charge in [0, 0.05) is 30.6 Å². The Kier molecular flexibility index (Phi) is 4.82. The Morgan fingerprint density at radius 3 is 2.46 bits per heavy atom. The topological polar surface area (TPSA) is 36.4 Å². The summed E-state index contributed by atoms with van der Waals surface area (Å²) in [5, 5.41) is 2.77. The van der Waals surface area contributed by atoms with Crippen LogP contribution in [0.1, 0.15) is 22.1 Å². The van der Waals surface area contributed by atoms with E-state index in [4.69, 9.17) is 0 Å². The van der Waals surface area contributed by atoms with Gasteiger partial charge < -0.3 is 9.80 Å². The fourth-order valence-corrected chi connectivity index (χ4v) is 4.16. The fourth-order valence-electron chi connectivity index (χ4n) is 3.36. The third kappa shape index (κ3) is 3.41. The van der Waals surface area contributed by atoms with Crippen molar-refractivity contribution < 1.29 is 4.79 Å². The second-order valence-electron chi connectivity index (χ2n) is 6.59. The van der Waals surface area contributed by atoms with E-state index in [1.165, 1.54) is 16.9 Å². The van der Waals surface area contributed by atoms with E-state index >= 15 is 0 Å². The number of piperazine rings is 1. The maximum atomic E-state index is 13.2. The Labute approximate surface area is 157 Å². The Hall–Kier alpha value is -2.50. The Bertz CT molecular complexity index is 879. The van der Waals surface area contributed by atoms with Crippen LogP contribution in [0.25, 0.3) is 10.6 Å². The van der Waals surface area contributed by atoms with E-state index < -0.39 is 0 Å². The van der Waals surface area contributed by atoms with Crippen LogP contribution >= 0.6 is 11.3 Å². The van der Waals surface area contributed by atoms with Gasteiger partial charge in [0.2, 0.25) is 0 Å². The minimum Gasteiger partial charge on any atom is -0.328 e. The Balaban J connectivity index is 1.61. The summed E-state index contributed by atoms with van der Waals surface area (Å²) >= 11 is 1.52. The van der Waals surface area contributed by atoms with E-state index in [-0.39, 0.29) is 11.9 Å². The lowest BCUT2D eigenvalue weighted by Gasteiger charge is -2.40. The Morgan fingerprint density at radius 1 is 1.04 bits per heavy atom. The van der Waals surface area contributed by atoms with Crippen LogP contribution in [-0.4, -0.2) is 47.4 Å². The first-order valence-corrected chi connectivity index (χ1v) is 9.66. The van der Waals surface area contributed by atoms with Crippen LogP contribution in [0.4, 0.5) is 0 Å². The molecule has 0 spiro atoms. The number of carbonyl (C=O) groups is 1. The van der Waals surface area contributed by atoms with Crippen molar-refractivity contribution >= 4 is 17.2 Å². The van der Waals surface area contributed by atoms with Crippen molar-refractivity contribution in [3.8, 4) is 10.6 Å². The van der Waals surface area contributed by atoms with Crippen LogP contribution in [-0.2, 0) is 0 Å². The van der Waals surface area contributed by atoms with Crippen molar-refractivity contribution in [2.24, 2.45) is 0 Å². The average Bonchev–Trinajstić information content (AvgIpc) is 3.19. The first kappa shape index (κ1) is 16.9. The highest BCUT2D eigenvalue weighted by atomic mass is 32.1. The van der Waals surface area contributed by atoms with Gasteiger partial charge in [-0.3, -0.25) is 4.79 Å². The molecule has 5 heteroatoms. The molecular formula is C21H21N3OS. The summed E-state index contributed by atoms with van der Waals surface area (Å²) in [6, 6.07) is 20.3. The van der Waals surface area contributed by atoms with Crippen LogP contribution in [0.2, 0.25) is 0 Å². The molecule has 1 aliphatic heterocycles. The van der Waals surface area contributed by atoms with E-state index in [0.717, 1.165) is 23.7 Å². The molecule has 1 saturated heterocycles. The van der Waals surface area contributed by atoms with Crippen molar-refractivity contribution in [2.75, 3.05) is 26.7 Å². The lowest BCUT2D eigenvalue weighted by atomic mass is 10.0. The number of aromatic nitrogens is 1. The molecule has 1 atom stereocenters. The van der Waals surface area contributed by atoms with Gasteiger partial charge in [-0.05, 0) is 12.6 Å². The average molecular weight is 363 g/mol. The molecule has 0 saturated carbocycles. The molecule has 0 aliphatic carbocycles. The lowest BCUT2D eigenvalue weighted by Crippen LogP contribution is -2.49. The third-order valence-electron chi connectivity index (χ3n) is 4.77. The smallest absolute Gasteiger partial charge is 0.273 e. The van der Waals surface area contributed by atoms with E-state index in [1.807, 2.05) is 58.8 Å². The number of carbonyl (C=O) groups excluding carboxylic acids is 1. The molecule has 4 rings (SSSR count). The number of likely N-dealkylation sites (N-methyl/N-ethyl adjacent to an activating group) is 1. The van der Waals surface area contributed by atoms with Crippen molar-refractivity contribution in [1.82, 2.24) is 14.8 Å². The van der Waals surface area contributed by atoms with Gasteiger partial charge in [0.25, 0.3) is 5.91 Å². The number of benzene rings is 2. The zero-order valence-electron chi connectivity index (χ0n) is 14.7. The molecule has 1 fully saturated rings. The molecule has 3 aromatic rings. The molecule has 132 valence electrons. The largest absolute Gasteiger partial charge is 0.328 e. The molecule has 0 N–H and O–H groups in total. The summed E-state index contributed by atoms with van der Waals surface area (Å²) < 4.78 is 0. The molecule has 2 aromatic carbocycles. The number of rotatable bonds is 3. The summed E-state index contributed by atoms with van der Waals surface area (Å²) in [7, 11) is 2.11. The quantitative estimate of drug-likeness (QED) is 0.707. The SMILES string of the molecule is CN1CCN(C(=O)c2csc(-c3ccccc3)n2)[C@@H](c2ccccc2)C1. The van der Waals surface area contributed by atoms with Crippen molar-refractivity contribution in [2.45, 2.75) is 6.04 Å². The Morgan fingerprint density at radius 2 is 1.73 bits per heavy atom. The van der Waals surface area contributed by atoms with Gasteiger partial charge in [-0.25, -0.2) is 4.98 Å². The summed E-state index contributed by atoms with van der Waals surface area (Å²) in [5.41, 5.74) is 2.76. The lowest BCUT2D eigenvalue weighted by molar-refractivity contribution is 0.0493. The van der Waals surface area contributed by atoms with Gasteiger partial charge in [0.05, 0.1) is 6.04 Å². The van der Waals surface area contributed by atoms with Crippen LogP contribution < -0.4 is 0 Å². The van der Waals surface area contributed by atoms with Crippen LogP contribution in [0.3, 0.4) is 0 Å². The molecular weight excluding hydrogens is 342 g/mol. The van der Waals surface area contributed by atoms with Gasteiger partial charge in [0.1, 0.15) is 10.7 Å². The summed E-state index contributed by atoms with van der Waals surface area (Å²) in [6.07, 6.45) is 0. The maximum absolute atomic E-state index is 13.2. The van der Waals surface area contributed by atoms with Crippen molar-refractivity contribution in [1.29, 1.82) is 0 Å². The summed E-state index contributed by atoms with van der Waals surface area (Å²) in [4.78, 5) is 22.0. The van der Waals surface area contributed by atoms with E-state index in [0.29, 0.717) is 12.2 Å². The van der Waals surface area contributed by atoms with E-state index in [1.54, 1.807) is 0 Å². The third-order valence-corrected chi connectivity index (χ3v) is 5.66. The normalized spacial score (nSPS) is 18.0. The minimum atomic E-state index is 0.0189. The molecule has 1 aromatic heterocycles. The van der Waals surface area contributed by atoms with Gasteiger partial charge in [-0.2, -0.15) is 0 Å². The maximum Gasteiger partial charge on any atom is 0.273 e. The van der Waals surface area contributed by atoms with Gasteiger partial charge in [-0.15, -0.1) is 11.3 Å². The zero-order valence-corrected chi connectivity index (χ0v) is 15.5. The summed E-state index contributed by atoms with van der Waals surface area (Å²) in [5.74, 6) is 0.0189. The number of amides is 1. The molecule has 1 aliphatic rings. The molecule has 1 amide bonds. The second-order valence-corrected chi connectivity index (χ2v) is 7.45. The monoisotopic (exact) mass is 363 g/mol. The fraction of sp³-hybridized carbons (Fsp3) is 0.238. The first-order valence-electron chi connectivity index (χ1n) is 8.78. The zero-order chi connectivity index (χ0) is 17.9. The summed E-state index contributed by atoms with van der Waals surface area (Å²) in [6.45, 7) is 2.43. The highest BCUT2D eigenvalue weighted by molar-refractivity contribution is 7.13. The minimum absolute atomic E-state index is 0.0189. The number of nitrogens with zero attached hydrogens (tertiary/aromatic N) is 3.